The van der Waals surface area contributed by atoms with Gasteiger partial charge in [-0.3, -0.25) is 0 Å². The lowest BCUT2D eigenvalue weighted by atomic mass is 9.85. The van der Waals surface area contributed by atoms with E-state index in [0.717, 1.165) is 32.1 Å². The summed E-state index contributed by atoms with van der Waals surface area (Å²) in [4.78, 5) is 5.53. The zero-order valence-corrected chi connectivity index (χ0v) is 18.7. The number of tetrazole rings is 1. The first-order valence-electron chi connectivity index (χ1n) is 10.4. The lowest BCUT2D eigenvalue weighted by Gasteiger charge is -2.37. The molecule has 0 radical (unpaired) electrons. The van der Waals surface area contributed by atoms with Crippen molar-refractivity contribution in [2.75, 3.05) is 26.3 Å². The van der Waals surface area contributed by atoms with Crippen molar-refractivity contribution < 1.29 is 14.4 Å². The lowest BCUT2D eigenvalue weighted by molar-refractivity contribution is -0.922. The first kappa shape index (κ1) is 21.7. The average Bonchev–Trinajstić information content (AvgIpc) is 3.42. The molecule has 3 heterocycles. The fourth-order valence-electron chi connectivity index (χ4n) is 3.79. The zero-order chi connectivity index (χ0) is 21.8. The molecule has 1 aliphatic rings. The molecule has 1 fully saturated rings. The van der Waals surface area contributed by atoms with Gasteiger partial charge < -0.3 is 14.4 Å². The van der Waals surface area contributed by atoms with E-state index in [0.29, 0.717) is 17.3 Å². The fourth-order valence-corrected chi connectivity index (χ4v) is 3.91. The van der Waals surface area contributed by atoms with E-state index in [1.54, 1.807) is 23.1 Å². The SMILES string of the molecule is CC(C)(C)[C@H]([C@@H](Oc1ccc(Cl)cc1)n1cncn1)n1nnnc1C[NH+]1CCOCC1. The molecular weight excluding hydrogens is 420 g/mol. The number of quaternary nitrogens is 1. The number of hydrogen-bond acceptors (Lipinski definition) is 7. The van der Waals surface area contributed by atoms with Crippen molar-refractivity contribution in [3.63, 3.8) is 0 Å². The zero-order valence-electron chi connectivity index (χ0n) is 18.0. The predicted molar refractivity (Wildman–Crippen MR) is 113 cm³/mol. The highest BCUT2D eigenvalue weighted by Crippen LogP contribution is 2.40. The second kappa shape index (κ2) is 9.29. The summed E-state index contributed by atoms with van der Waals surface area (Å²) >= 11 is 6.05. The van der Waals surface area contributed by atoms with E-state index in [-0.39, 0.29) is 11.5 Å². The van der Waals surface area contributed by atoms with E-state index in [1.807, 2.05) is 16.8 Å². The Hall–Kier alpha value is -2.56. The van der Waals surface area contributed by atoms with Crippen LogP contribution < -0.4 is 9.64 Å². The fraction of sp³-hybridized carbons (Fsp3) is 0.550. The first-order valence-corrected chi connectivity index (χ1v) is 10.7. The maximum absolute atomic E-state index is 6.43. The number of hydrogen-bond donors (Lipinski definition) is 1. The Morgan fingerprint density at radius 2 is 1.94 bits per heavy atom. The summed E-state index contributed by atoms with van der Waals surface area (Å²) in [6.07, 6.45) is 2.62. The van der Waals surface area contributed by atoms with Gasteiger partial charge in [-0.1, -0.05) is 32.4 Å². The molecule has 2 aromatic heterocycles. The van der Waals surface area contributed by atoms with E-state index in [4.69, 9.17) is 21.1 Å². The van der Waals surface area contributed by atoms with Crippen molar-refractivity contribution >= 4 is 11.6 Å². The standard InChI is InChI=1S/C20H27ClN8O2/c1-20(2,3)18(29-17(24-25-26-29)12-27-8-10-30-11-9-27)19(28-14-22-13-23-28)31-16-6-4-15(21)5-7-16/h4-7,13-14,18-19H,8-12H2,1-3H3/p+1/t18-,19+/m0/s1. The summed E-state index contributed by atoms with van der Waals surface area (Å²) in [5.41, 5.74) is -0.256. The van der Waals surface area contributed by atoms with Gasteiger partial charge in [-0.15, -0.1) is 5.10 Å². The molecule has 166 valence electrons. The molecule has 1 aromatic carbocycles. The molecule has 0 unspecified atom stereocenters. The van der Waals surface area contributed by atoms with E-state index in [1.165, 1.54) is 11.2 Å². The summed E-state index contributed by atoms with van der Waals surface area (Å²) in [6, 6.07) is 7.02. The third-order valence-corrected chi connectivity index (χ3v) is 5.61. The van der Waals surface area contributed by atoms with E-state index < -0.39 is 6.23 Å². The Morgan fingerprint density at radius 1 is 1.19 bits per heavy atom. The van der Waals surface area contributed by atoms with Crippen LogP contribution in [-0.4, -0.2) is 61.3 Å². The van der Waals surface area contributed by atoms with Crippen molar-refractivity contribution in [3.05, 3.63) is 47.8 Å². The van der Waals surface area contributed by atoms with Gasteiger partial charge in [0, 0.05) is 5.02 Å². The summed E-state index contributed by atoms with van der Waals surface area (Å²) in [5, 5.41) is 17.8. The Morgan fingerprint density at radius 3 is 2.58 bits per heavy atom. The van der Waals surface area contributed by atoms with E-state index in [9.17, 15) is 0 Å². The maximum Gasteiger partial charge on any atom is 0.215 e. The highest BCUT2D eigenvalue weighted by atomic mass is 35.5. The van der Waals surface area contributed by atoms with Crippen LogP contribution in [0.2, 0.25) is 5.02 Å². The van der Waals surface area contributed by atoms with Gasteiger partial charge in [-0.25, -0.2) is 14.3 Å². The molecule has 31 heavy (non-hydrogen) atoms. The van der Waals surface area contributed by atoms with Crippen LogP contribution in [-0.2, 0) is 11.3 Å². The number of aromatic nitrogens is 7. The van der Waals surface area contributed by atoms with Crippen LogP contribution in [0.3, 0.4) is 0 Å². The number of rotatable bonds is 7. The minimum Gasteiger partial charge on any atom is -0.466 e. The van der Waals surface area contributed by atoms with Crippen molar-refractivity contribution in [2.45, 2.75) is 39.6 Å². The highest BCUT2D eigenvalue weighted by Gasteiger charge is 2.40. The first-order chi connectivity index (χ1) is 14.9. The largest absolute Gasteiger partial charge is 0.466 e. The van der Waals surface area contributed by atoms with E-state index in [2.05, 4.69) is 46.4 Å². The van der Waals surface area contributed by atoms with Crippen LogP contribution in [0.25, 0.3) is 0 Å². The smallest absolute Gasteiger partial charge is 0.215 e. The van der Waals surface area contributed by atoms with Crippen LogP contribution in [0.1, 0.15) is 38.9 Å². The number of halogens is 1. The molecule has 10 nitrogen and oxygen atoms in total. The topological polar surface area (TPSA) is 97.2 Å². The minimum atomic E-state index is -0.523. The van der Waals surface area contributed by atoms with Gasteiger partial charge in [0.2, 0.25) is 12.1 Å². The average molecular weight is 448 g/mol. The van der Waals surface area contributed by atoms with Crippen molar-refractivity contribution in [3.8, 4) is 5.75 Å². The Labute approximate surface area is 186 Å². The summed E-state index contributed by atoms with van der Waals surface area (Å²) < 4.78 is 15.5. The Bertz CT molecular complexity index is 948. The highest BCUT2D eigenvalue weighted by molar-refractivity contribution is 6.30. The molecule has 2 atom stereocenters. The third-order valence-electron chi connectivity index (χ3n) is 5.36. The number of benzene rings is 1. The molecule has 4 rings (SSSR count). The number of nitrogens with one attached hydrogen (secondary N) is 1. The number of nitrogens with zero attached hydrogens (tertiary/aromatic N) is 7. The van der Waals surface area contributed by atoms with Gasteiger partial charge in [-0.2, -0.15) is 5.10 Å². The molecule has 0 amide bonds. The quantitative estimate of drug-likeness (QED) is 0.581. The predicted octanol–water partition coefficient (Wildman–Crippen LogP) is 1.20. The molecule has 0 aliphatic carbocycles. The van der Waals surface area contributed by atoms with Gasteiger partial charge in [0.25, 0.3) is 0 Å². The van der Waals surface area contributed by atoms with Gasteiger partial charge in [-0.05, 0) is 40.1 Å². The molecule has 1 N–H and O–H groups in total. The maximum atomic E-state index is 6.43. The molecule has 0 saturated carbocycles. The van der Waals surface area contributed by atoms with Crippen molar-refractivity contribution in [1.29, 1.82) is 0 Å². The molecule has 0 spiro atoms. The summed E-state index contributed by atoms with van der Waals surface area (Å²) in [6.45, 7) is 10.5. The molecule has 1 saturated heterocycles. The number of ether oxygens (including phenoxy) is 2. The molecular formula is C20H28ClN8O2+. The van der Waals surface area contributed by atoms with Crippen LogP contribution in [0.5, 0.6) is 5.75 Å². The Kier molecular flexibility index (Phi) is 6.49. The minimum absolute atomic E-state index is 0.254. The van der Waals surface area contributed by atoms with Crippen LogP contribution in [0.15, 0.2) is 36.9 Å². The summed E-state index contributed by atoms with van der Waals surface area (Å²) in [7, 11) is 0. The molecule has 1 aliphatic heterocycles. The molecule has 11 heteroatoms. The van der Waals surface area contributed by atoms with E-state index >= 15 is 0 Å². The number of morpholine rings is 1. The lowest BCUT2D eigenvalue weighted by Crippen LogP contribution is -3.12. The molecule has 3 aromatic rings. The normalized spacial score (nSPS) is 17.4. The van der Waals surface area contributed by atoms with Gasteiger partial charge in [0.05, 0.1) is 13.2 Å². The van der Waals surface area contributed by atoms with Crippen molar-refractivity contribution in [2.24, 2.45) is 5.41 Å². The monoisotopic (exact) mass is 447 g/mol. The van der Waals surface area contributed by atoms with Gasteiger partial charge >= 0.3 is 0 Å². The van der Waals surface area contributed by atoms with Gasteiger partial charge in [0.1, 0.15) is 44.1 Å². The van der Waals surface area contributed by atoms with Crippen LogP contribution in [0.4, 0.5) is 0 Å². The second-order valence-electron chi connectivity index (χ2n) is 8.73. The van der Waals surface area contributed by atoms with Crippen molar-refractivity contribution in [1.82, 2.24) is 35.0 Å². The molecule has 0 bridgehead atoms. The summed E-state index contributed by atoms with van der Waals surface area (Å²) in [5.74, 6) is 1.48. The Balaban J connectivity index is 1.69. The third kappa shape index (κ3) is 5.20. The van der Waals surface area contributed by atoms with Gasteiger partial charge in [0.15, 0.2) is 0 Å². The van der Waals surface area contributed by atoms with Crippen LogP contribution >= 0.6 is 11.6 Å². The van der Waals surface area contributed by atoms with Crippen LogP contribution in [0, 0.1) is 5.41 Å². The second-order valence-corrected chi connectivity index (χ2v) is 9.16.